The van der Waals surface area contributed by atoms with E-state index < -0.39 is 0 Å². The van der Waals surface area contributed by atoms with E-state index >= 15 is 0 Å². The average Bonchev–Trinajstić information content (AvgIpc) is 2.67. The standard InChI is InChI=1S/C21H22N4/c1-16-6-8-17(9-7-16)14-23-21-22-12-10-20(24-21)25-13-11-18-4-2-3-5-19(18)15-25/h2-10,12H,11,13-15H2,1H3,(H,22,23,24). The molecule has 0 saturated heterocycles. The minimum atomic E-state index is 0.678. The van der Waals surface area contributed by atoms with E-state index in [4.69, 9.17) is 4.98 Å². The zero-order valence-corrected chi connectivity index (χ0v) is 14.4. The molecule has 0 aliphatic carbocycles. The van der Waals surface area contributed by atoms with Gasteiger partial charge in [0.2, 0.25) is 5.95 Å². The largest absolute Gasteiger partial charge is 0.352 e. The minimum absolute atomic E-state index is 0.678. The smallest absolute Gasteiger partial charge is 0.224 e. The first-order valence-corrected chi connectivity index (χ1v) is 8.72. The van der Waals surface area contributed by atoms with E-state index in [0.29, 0.717) is 5.95 Å². The van der Waals surface area contributed by atoms with Crippen LogP contribution in [0.25, 0.3) is 0 Å². The second-order valence-corrected chi connectivity index (χ2v) is 6.52. The van der Waals surface area contributed by atoms with Gasteiger partial charge in [-0.25, -0.2) is 4.98 Å². The van der Waals surface area contributed by atoms with Crippen LogP contribution in [-0.2, 0) is 19.5 Å². The van der Waals surface area contributed by atoms with Gasteiger partial charge < -0.3 is 10.2 Å². The summed E-state index contributed by atoms with van der Waals surface area (Å²) in [7, 11) is 0. The first kappa shape index (κ1) is 15.6. The molecule has 4 nitrogen and oxygen atoms in total. The lowest BCUT2D eigenvalue weighted by Gasteiger charge is -2.29. The number of rotatable bonds is 4. The molecule has 126 valence electrons. The fourth-order valence-electron chi connectivity index (χ4n) is 3.19. The SMILES string of the molecule is Cc1ccc(CNc2nccc(N3CCc4ccccc4C3)n2)cc1. The minimum Gasteiger partial charge on any atom is -0.352 e. The monoisotopic (exact) mass is 330 g/mol. The van der Waals surface area contributed by atoms with E-state index in [-0.39, 0.29) is 0 Å². The Labute approximate surface area is 148 Å². The van der Waals surface area contributed by atoms with Crippen LogP contribution in [0.3, 0.4) is 0 Å². The maximum Gasteiger partial charge on any atom is 0.224 e. The highest BCUT2D eigenvalue weighted by molar-refractivity contribution is 5.46. The van der Waals surface area contributed by atoms with Crippen molar-refractivity contribution in [1.29, 1.82) is 0 Å². The third-order valence-corrected chi connectivity index (χ3v) is 4.67. The van der Waals surface area contributed by atoms with Crippen molar-refractivity contribution in [3.05, 3.63) is 83.0 Å². The molecule has 0 radical (unpaired) electrons. The molecule has 4 rings (SSSR count). The van der Waals surface area contributed by atoms with Crippen LogP contribution in [0.5, 0.6) is 0 Å². The summed E-state index contributed by atoms with van der Waals surface area (Å²) >= 11 is 0. The Morgan fingerprint density at radius 3 is 2.64 bits per heavy atom. The molecule has 0 bridgehead atoms. The van der Waals surface area contributed by atoms with Crippen LogP contribution in [0.1, 0.15) is 22.3 Å². The Bertz CT molecular complexity index is 858. The summed E-state index contributed by atoms with van der Waals surface area (Å²) < 4.78 is 0. The van der Waals surface area contributed by atoms with Crippen molar-refractivity contribution in [2.24, 2.45) is 0 Å². The van der Waals surface area contributed by atoms with E-state index in [1.54, 1.807) is 0 Å². The second-order valence-electron chi connectivity index (χ2n) is 6.52. The van der Waals surface area contributed by atoms with Crippen molar-refractivity contribution < 1.29 is 0 Å². The van der Waals surface area contributed by atoms with E-state index in [2.05, 4.69) is 70.7 Å². The van der Waals surface area contributed by atoms with Crippen molar-refractivity contribution in [1.82, 2.24) is 9.97 Å². The molecule has 25 heavy (non-hydrogen) atoms. The summed E-state index contributed by atoms with van der Waals surface area (Å²) in [6.45, 7) is 4.73. The first-order chi connectivity index (χ1) is 12.3. The Morgan fingerprint density at radius 1 is 1.00 bits per heavy atom. The highest BCUT2D eigenvalue weighted by atomic mass is 15.2. The van der Waals surface area contributed by atoms with Gasteiger partial charge in [0, 0.05) is 25.8 Å². The van der Waals surface area contributed by atoms with Gasteiger partial charge in [0.15, 0.2) is 0 Å². The Hall–Kier alpha value is -2.88. The maximum atomic E-state index is 4.71. The van der Waals surface area contributed by atoms with Gasteiger partial charge in [-0.15, -0.1) is 0 Å². The number of nitrogens with zero attached hydrogens (tertiary/aromatic N) is 3. The number of hydrogen-bond acceptors (Lipinski definition) is 4. The van der Waals surface area contributed by atoms with Crippen LogP contribution in [0.4, 0.5) is 11.8 Å². The summed E-state index contributed by atoms with van der Waals surface area (Å²) in [5, 5.41) is 3.33. The summed E-state index contributed by atoms with van der Waals surface area (Å²) in [6.07, 6.45) is 2.90. The molecule has 3 aromatic rings. The molecule has 0 atom stereocenters. The highest BCUT2D eigenvalue weighted by Gasteiger charge is 2.17. The van der Waals surface area contributed by atoms with Crippen LogP contribution in [-0.4, -0.2) is 16.5 Å². The summed E-state index contributed by atoms with van der Waals surface area (Å²) in [4.78, 5) is 11.4. The Kier molecular flexibility index (Phi) is 4.34. The van der Waals surface area contributed by atoms with Crippen LogP contribution in [0.15, 0.2) is 60.8 Å². The number of fused-ring (bicyclic) bond motifs is 1. The predicted molar refractivity (Wildman–Crippen MR) is 102 cm³/mol. The Balaban J connectivity index is 1.45. The number of aryl methyl sites for hydroxylation is 1. The van der Waals surface area contributed by atoms with Crippen molar-refractivity contribution in [3.63, 3.8) is 0 Å². The summed E-state index contributed by atoms with van der Waals surface area (Å²) in [5.74, 6) is 1.66. The third kappa shape index (κ3) is 3.63. The molecule has 4 heteroatoms. The molecule has 0 amide bonds. The van der Waals surface area contributed by atoms with Crippen molar-refractivity contribution >= 4 is 11.8 Å². The average molecular weight is 330 g/mol. The zero-order chi connectivity index (χ0) is 17.1. The number of hydrogen-bond donors (Lipinski definition) is 1. The Morgan fingerprint density at radius 2 is 1.80 bits per heavy atom. The summed E-state index contributed by atoms with van der Waals surface area (Å²) in [5.41, 5.74) is 5.34. The molecule has 0 unspecified atom stereocenters. The van der Waals surface area contributed by atoms with Gasteiger partial charge in [-0.05, 0) is 36.1 Å². The molecule has 2 aromatic carbocycles. The van der Waals surface area contributed by atoms with Gasteiger partial charge in [-0.2, -0.15) is 4.98 Å². The molecule has 0 saturated carbocycles. The van der Waals surface area contributed by atoms with Crippen LogP contribution in [0.2, 0.25) is 0 Å². The molecular formula is C21H22N4. The topological polar surface area (TPSA) is 41.1 Å². The van der Waals surface area contributed by atoms with Gasteiger partial charge in [0.1, 0.15) is 5.82 Å². The molecule has 1 aliphatic rings. The van der Waals surface area contributed by atoms with Crippen molar-refractivity contribution in [2.45, 2.75) is 26.4 Å². The molecule has 0 fully saturated rings. The van der Waals surface area contributed by atoms with E-state index in [1.807, 2.05) is 12.3 Å². The number of aromatic nitrogens is 2. The van der Waals surface area contributed by atoms with Gasteiger partial charge in [-0.3, -0.25) is 0 Å². The molecule has 1 aliphatic heterocycles. The van der Waals surface area contributed by atoms with Gasteiger partial charge >= 0.3 is 0 Å². The number of anilines is 2. The van der Waals surface area contributed by atoms with Gasteiger partial charge in [0.25, 0.3) is 0 Å². The normalized spacial score (nSPS) is 13.4. The van der Waals surface area contributed by atoms with Gasteiger partial charge in [0.05, 0.1) is 0 Å². The van der Waals surface area contributed by atoms with E-state index in [0.717, 1.165) is 31.9 Å². The van der Waals surface area contributed by atoms with Crippen molar-refractivity contribution in [2.75, 3.05) is 16.8 Å². The number of nitrogens with one attached hydrogen (secondary N) is 1. The van der Waals surface area contributed by atoms with Crippen LogP contribution >= 0.6 is 0 Å². The lowest BCUT2D eigenvalue weighted by Crippen LogP contribution is -2.31. The summed E-state index contributed by atoms with van der Waals surface area (Å²) in [6, 6.07) is 19.2. The third-order valence-electron chi connectivity index (χ3n) is 4.67. The van der Waals surface area contributed by atoms with Gasteiger partial charge in [-0.1, -0.05) is 54.1 Å². The quantitative estimate of drug-likeness (QED) is 0.786. The predicted octanol–water partition coefficient (Wildman–Crippen LogP) is 3.96. The fraction of sp³-hybridized carbons (Fsp3) is 0.238. The number of benzene rings is 2. The molecule has 1 N–H and O–H groups in total. The van der Waals surface area contributed by atoms with Crippen LogP contribution in [0, 0.1) is 6.92 Å². The first-order valence-electron chi connectivity index (χ1n) is 8.72. The van der Waals surface area contributed by atoms with Crippen LogP contribution < -0.4 is 10.2 Å². The highest BCUT2D eigenvalue weighted by Crippen LogP contribution is 2.23. The lowest BCUT2D eigenvalue weighted by molar-refractivity contribution is 0.719. The molecule has 1 aromatic heterocycles. The van der Waals surface area contributed by atoms with Crippen molar-refractivity contribution in [3.8, 4) is 0 Å². The molecule has 0 spiro atoms. The van der Waals surface area contributed by atoms with E-state index in [9.17, 15) is 0 Å². The molecular weight excluding hydrogens is 308 g/mol. The lowest BCUT2D eigenvalue weighted by atomic mass is 10.00. The molecule has 2 heterocycles. The maximum absolute atomic E-state index is 4.71. The fourth-order valence-corrected chi connectivity index (χ4v) is 3.19. The zero-order valence-electron chi connectivity index (χ0n) is 14.4. The van der Waals surface area contributed by atoms with E-state index in [1.165, 1.54) is 22.3 Å². The second kappa shape index (κ2) is 6.93.